The summed E-state index contributed by atoms with van der Waals surface area (Å²) in [5.41, 5.74) is 1.14. The van der Waals surface area contributed by atoms with Crippen LogP contribution in [-0.2, 0) is 9.59 Å². The lowest BCUT2D eigenvalue weighted by Gasteiger charge is -2.39. The normalized spacial score (nSPS) is 15.1. The number of carbonyl (C=O) groups is 2. The van der Waals surface area contributed by atoms with Crippen molar-refractivity contribution in [3.8, 4) is 5.75 Å². The molecule has 2 aromatic carbocycles. The number of halogens is 1. The topological polar surface area (TPSA) is 70.7 Å². The number of methoxy groups -OCH3 is 1. The number of nitrogens with one attached hydrogen (secondary N) is 2. The summed E-state index contributed by atoms with van der Waals surface area (Å²) in [7, 11) is 1.51. The minimum absolute atomic E-state index is 0.114. The molecule has 1 heterocycles. The van der Waals surface area contributed by atoms with E-state index in [1.54, 1.807) is 32.0 Å². The Hall–Kier alpha value is -2.73. The number of hydrogen-bond donors (Lipinski definition) is 2. The maximum absolute atomic E-state index is 12.8. The molecule has 1 aliphatic rings. The van der Waals surface area contributed by atoms with Gasteiger partial charge in [-0.3, -0.25) is 14.5 Å². The van der Waals surface area contributed by atoms with Gasteiger partial charge in [-0.15, -0.1) is 0 Å². The fourth-order valence-corrected chi connectivity index (χ4v) is 3.09. The summed E-state index contributed by atoms with van der Waals surface area (Å²) < 4.78 is 5.24. The van der Waals surface area contributed by atoms with Crippen molar-refractivity contribution in [1.82, 2.24) is 0 Å². The van der Waals surface area contributed by atoms with Gasteiger partial charge < -0.3 is 15.4 Å². The molecular formula is C19H20ClN3O3. The van der Waals surface area contributed by atoms with Crippen LogP contribution >= 0.6 is 11.6 Å². The first-order valence-corrected chi connectivity index (χ1v) is 8.52. The Morgan fingerprint density at radius 1 is 1.27 bits per heavy atom. The largest absolute Gasteiger partial charge is 0.495 e. The Bertz CT molecular complexity index is 867. The summed E-state index contributed by atoms with van der Waals surface area (Å²) in [5.74, 6) is -0.0223. The Morgan fingerprint density at radius 3 is 2.73 bits per heavy atom. The number of amides is 2. The second-order valence-electron chi connectivity index (χ2n) is 6.55. The summed E-state index contributed by atoms with van der Waals surface area (Å²) >= 11 is 6.00. The van der Waals surface area contributed by atoms with Gasteiger partial charge in [-0.2, -0.15) is 0 Å². The summed E-state index contributed by atoms with van der Waals surface area (Å²) in [6.07, 6.45) is 0. The Labute approximate surface area is 157 Å². The minimum atomic E-state index is -0.803. The smallest absolute Gasteiger partial charge is 0.252 e. The van der Waals surface area contributed by atoms with Crippen LogP contribution in [0.15, 0.2) is 42.5 Å². The van der Waals surface area contributed by atoms with E-state index in [4.69, 9.17) is 16.3 Å². The third kappa shape index (κ3) is 3.46. The maximum Gasteiger partial charge on any atom is 0.252 e. The summed E-state index contributed by atoms with van der Waals surface area (Å²) in [6, 6.07) is 12.4. The monoisotopic (exact) mass is 373 g/mol. The van der Waals surface area contributed by atoms with Crippen molar-refractivity contribution >= 4 is 40.5 Å². The van der Waals surface area contributed by atoms with Crippen LogP contribution in [0.2, 0.25) is 5.02 Å². The van der Waals surface area contributed by atoms with Crippen LogP contribution in [-0.4, -0.2) is 31.0 Å². The van der Waals surface area contributed by atoms with Crippen molar-refractivity contribution in [3.63, 3.8) is 0 Å². The molecule has 0 spiro atoms. The van der Waals surface area contributed by atoms with E-state index in [2.05, 4.69) is 10.6 Å². The number of benzene rings is 2. The average molecular weight is 374 g/mol. The third-order valence-corrected chi connectivity index (χ3v) is 4.39. The van der Waals surface area contributed by atoms with E-state index in [-0.39, 0.29) is 18.4 Å². The molecule has 0 radical (unpaired) electrons. The van der Waals surface area contributed by atoms with Gasteiger partial charge in [-0.25, -0.2) is 0 Å². The average Bonchev–Trinajstić information content (AvgIpc) is 2.59. The highest BCUT2D eigenvalue weighted by Gasteiger charge is 2.39. The Kier molecular flexibility index (Phi) is 4.78. The lowest BCUT2D eigenvalue weighted by molar-refractivity contribution is -0.124. The molecule has 0 bridgehead atoms. The molecule has 0 fully saturated rings. The van der Waals surface area contributed by atoms with E-state index >= 15 is 0 Å². The van der Waals surface area contributed by atoms with Crippen molar-refractivity contribution in [3.05, 3.63) is 47.5 Å². The first-order valence-electron chi connectivity index (χ1n) is 8.14. The molecule has 0 saturated heterocycles. The SMILES string of the molecule is COc1ccc(Cl)cc1NC(=O)CN1C(=O)C(C)(C)Nc2ccccc21. The van der Waals surface area contributed by atoms with Gasteiger partial charge in [0.25, 0.3) is 5.91 Å². The predicted octanol–water partition coefficient (Wildman–Crippen LogP) is 3.52. The Morgan fingerprint density at radius 2 is 2.00 bits per heavy atom. The maximum atomic E-state index is 12.8. The summed E-state index contributed by atoms with van der Waals surface area (Å²) in [4.78, 5) is 26.9. The molecule has 0 aliphatic carbocycles. The van der Waals surface area contributed by atoms with Crippen LogP contribution in [0, 0.1) is 0 Å². The first-order chi connectivity index (χ1) is 12.3. The van der Waals surface area contributed by atoms with Crippen LogP contribution < -0.4 is 20.3 Å². The van der Waals surface area contributed by atoms with Gasteiger partial charge in [0.2, 0.25) is 5.91 Å². The molecule has 0 saturated carbocycles. The van der Waals surface area contributed by atoms with Crippen LogP contribution in [0.1, 0.15) is 13.8 Å². The zero-order valence-electron chi connectivity index (χ0n) is 14.8. The Balaban J connectivity index is 1.85. The minimum Gasteiger partial charge on any atom is -0.495 e. The standard InChI is InChI=1S/C19H20ClN3O3/c1-19(2)18(25)23(15-7-5-4-6-13(15)22-19)11-17(24)21-14-10-12(20)8-9-16(14)26-3/h4-10,22H,11H2,1-3H3,(H,21,24). The van der Waals surface area contributed by atoms with Crippen molar-refractivity contribution < 1.29 is 14.3 Å². The van der Waals surface area contributed by atoms with Gasteiger partial charge in [-0.05, 0) is 44.2 Å². The third-order valence-electron chi connectivity index (χ3n) is 4.16. The second-order valence-corrected chi connectivity index (χ2v) is 6.99. The van der Waals surface area contributed by atoms with Gasteiger partial charge in [0.05, 0.1) is 24.2 Å². The van der Waals surface area contributed by atoms with Crippen LogP contribution in [0.3, 0.4) is 0 Å². The fraction of sp³-hybridized carbons (Fsp3) is 0.263. The zero-order chi connectivity index (χ0) is 18.9. The molecule has 7 heteroatoms. The van der Waals surface area contributed by atoms with E-state index < -0.39 is 5.54 Å². The van der Waals surface area contributed by atoms with Crippen molar-refractivity contribution in [2.45, 2.75) is 19.4 Å². The van der Waals surface area contributed by atoms with E-state index in [1.807, 2.05) is 24.3 Å². The van der Waals surface area contributed by atoms with Crippen molar-refractivity contribution in [2.24, 2.45) is 0 Å². The number of nitrogens with zero attached hydrogens (tertiary/aromatic N) is 1. The highest BCUT2D eigenvalue weighted by molar-refractivity contribution is 6.31. The number of rotatable bonds is 4. The molecule has 1 aliphatic heterocycles. The van der Waals surface area contributed by atoms with Gasteiger partial charge in [0.15, 0.2) is 0 Å². The van der Waals surface area contributed by atoms with Crippen molar-refractivity contribution in [1.29, 1.82) is 0 Å². The molecule has 2 aromatic rings. The molecule has 2 amide bonds. The van der Waals surface area contributed by atoms with E-state index in [9.17, 15) is 9.59 Å². The zero-order valence-corrected chi connectivity index (χ0v) is 15.6. The number of fused-ring (bicyclic) bond motifs is 1. The van der Waals surface area contributed by atoms with Gasteiger partial charge in [0.1, 0.15) is 17.8 Å². The van der Waals surface area contributed by atoms with Crippen LogP contribution in [0.5, 0.6) is 5.75 Å². The molecular weight excluding hydrogens is 354 g/mol. The van der Waals surface area contributed by atoms with Crippen LogP contribution in [0.4, 0.5) is 17.1 Å². The molecule has 0 atom stereocenters. The molecule has 2 N–H and O–H groups in total. The summed E-state index contributed by atoms with van der Waals surface area (Å²) in [6.45, 7) is 3.46. The lowest BCUT2D eigenvalue weighted by Crippen LogP contribution is -2.55. The predicted molar refractivity (Wildman–Crippen MR) is 103 cm³/mol. The highest BCUT2D eigenvalue weighted by atomic mass is 35.5. The molecule has 3 rings (SSSR count). The van der Waals surface area contributed by atoms with Gasteiger partial charge >= 0.3 is 0 Å². The highest BCUT2D eigenvalue weighted by Crippen LogP contribution is 2.35. The molecule has 6 nitrogen and oxygen atoms in total. The van der Waals surface area contributed by atoms with E-state index in [0.29, 0.717) is 22.1 Å². The van der Waals surface area contributed by atoms with E-state index in [1.165, 1.54) is 12.0 Å². The van der Waals surface area contributed by atoms with Crippen molar-refractivity contribution in [2.75, 3.05) is 29.2 Å². The number of hydrogen-bond acceptors (Lipinski definition) is 4. The lowest BCUT2D eigenvalue weighted by atomic mass is 9.98. The molecule has 136 valence electrons. The molecule has 0 aromatic heterocycles. The molecule has 26 heavy (non-hydrogen) atoms. The molecule has 0 unspecified atom stereocenters. The van der Waals surface area contributed by atoms with Crippen LogP contribution in [0.25, 0.3) is 0 Å². The number of para-hydroxylation sites is 2. The van der Waals surface area contributed by atoms with E-state index in [0.717, 1.165) is 5.69 Å². The van der Waals surface area contributed by atoms with Gasteiger partial charge in [-0.1, -0.05) is 23.7 Å². The first kappa shape index (κ1) is 18.1. The quantitative estimate of drug-likeness (QED) is 0.860. The number of anilines is 3. The second kappa shape index (κ2) is 6.88. The fourth-order valence-electron chi connectivity index (χ4n) is 2.92. The number of ether oxygens (including phenoxy) is 1. The summed E-state index contributed by atoms with van der Waals surface area (Å²) in [5, 5.41) is 6.45. The number of carbonyl (C=O) groups excluding carboxylic acids is 2. The van der Waals surface area contributed by atoms with Gasteiger partial charge in [0, 0.05) is 5.02 Å².